The number of carbonyl (C=O) groups is 2. The van der Waals surface area contributed by atoms with Gasteiger partial charge >= 0.3 is 13.6 Å². The van der Waals surface area contributed by atoms with Crippen LogP contribution in [0.25, 0.3) is 0 Å². The van der Waals surface area contributed by atoms with Crippen molar-refractivity contribution in [1.29, 1.82) is 0 Å². The van der Waals surface area contributed by atoms with E-state index in [-0.39, 0.29) is 50.6 Å². The highest BCUT2D eigenvalue weighted by Gasteiger charge is 2.17. The van der Waals surface area contributed by atoms with Crippen LogP contribution in [-0.4, -0.2) is 65.8 Å². The summed E-state index contributed by atoms with van der Waals surface area (Å²) in [5.41, 5.74) is 6.48. The Hall–Kier alpha value is -1.81. The van der Waals surface area contributed by atoms with Crippen molar-refractivity contribution in [2.75, 3.05) is 33.0 Å². The van der Waals surface area contributed by atoms with E-state index in [2.05, 4.69) is 5.32 Å². The van der Waals surface area contributed by atoms with E-state index < -0.39 is 19.6 Å². The first-order valence-electron chi connectivity index (χ1n) is 7.76. The van der Waals surface area contributed by atoms with Crippen molar-refractivity contribution in [2.45, 2.75) is 12.5 Å². The largest absolute Gasteiger partial charge is 0.480 e. The van der Waals surface area contributed by atoms with Crippen molar-refractivity contribution in [2.24, 2.45) is 5.73 Å². The van der Waals surface area contributed by atoms with Gasteiger partial charge in [0.05, 0.1) is 31.2 Å². The van der Waals surface area contributed by atoms with Crippen LogP contribution >= 0.6 is 7.60 Å². The maximum absolute atomic E-state index is 11.9. The van der Waals surface area contributed by atoms with Crippen LogP contribution in [0.1, 0.15) is 5.56 Å². The quantitative estimate of drug-likeness (QED) is 0.213. The molecule has 26 heavy (non-hydrogen) atoms. The van der Waals surface area contributed by atoms with Gasteiger partial charge in [-0.1, -0.05) is 12.1 Å². The van der Waals surface area contributed by atoms with Gasteiger partial charge in [0.1, 0.15) is 6.61 Å². The Morgan fingerprint density at radius 2 is 1.73 bits per heavy atom. The van der Waals surface area contributed by atoms with Crippen molar-refractivity contribution < 1.29 is 38.5 Å². The molecule has 6 N–H and O–H groups in total. The van der Waals surface area contributed by atoms with Gasteiger partial charge in [-0.05, 0) is 24.1 Å². The lowest BCUT2D eigenvalue weighted by molar-refractivity contribution is -0.142. The summed E-state index contributed by atoms with van der Waals surface area (Å²) in [5, 5.41) is 10.9. The molecule has 0 heterocycles. The van der Waals surface area contributed by atoms with E-state index in [1.54, 1.807) is 0 Å². The van der Waals surface area contributed by atoms with Crippen LogP contribution in [0, 0.1) is 0 Å². The number of benzene rings is 1. The molecule has 11 heteroatoms. The summed E-state index contributed by atoms with van der Waals surface area (Å²) in [7, 11) is -4.29. The Balaban J connectivity index is 2.22. The monoisotopic (exact) mass is 390 g/mol. The highest BCUT2D eigenvalue weighted by Crippen LogP contribution is 2.32. The third kappa shape index (κ3) is 9.04. The van der Waals surface area contributed by atoms with E-state index in [0.717, 1.165) is 0 Å². The lowest BCUT2D eigenvalue weighted by Gasteiger charge is -2.13. The zero-order valence-corrected chi connectivity index (χ0v) is 14.9. The molecule has 0 bridgehead atoms. The molecule has 0 aliphatic heterocycles. The zero-order valence-electron chi connectivity index (χ0n) is 14.0. The average molecular weight is 390 g/mol. The molecule has 1 rings (SSSR count). The van der Waals surface area contributed by atoms with E-state index in [9.17, 15) is 14.2 Å². The molecular weight excluding hydrogens is 367 g/mol. The molecule has 0 radical (unpaired) electrons. The minimum atomic E-state index is -4.29. The van der Waals surface area contributed by atoms with Gasteiger partial charge in [0, 0.05) is 6.54 Å². The topological polar surface area (TPSA) is 168 Å². The molecule has 0 spiro atoms. The number of carbonyl (C=O) groups excluding carboxylic acids is 1. The smallest absolute Gasteiger partial charge is 0.356 e. The van der Waals surface area contributed by atoms with E-state index in [1.165, 1.54) is 24.3 Å². The zero-order chi connectivity index (χ0) is 19.6. The molecule has 0 aromatic heterocycles. The van der Waals surface area contributed by atoms with Crippen LogP contribution in [0.4, 0.5) is 0 Å². The second-order valence-corrected chi connectivity index (χ2v) is 6.98. The number of carboxylic acid groups (broad SMARTS) is 1. The number of hydrogen-bond acceptors (Lipinski definition) is 6. The lowest BCUT2D eigenvalue weighted by Crippen LogP contribution is -2.43. The molecule has 0 fully saturated rings. The van der Waals surface area contributed by atoms with Crippen molar-refractivity contribution in [3.63, 3.8) is 0 Å². The SMILES string of the molecule is N[C@@H](Cc1ccc(P(=O)(O)O)cc1)C(=O)NCCOCCOCC(=O)O. The number of amides is 1. The number of rotatable bonds is 12. The lowest BCUT2D eigenvalue weighted by atomic mass is 10.1. The maximum Gasteiger partial charge on any atom is 0.356 e. The highest BCUT2D eigenvalue weighted by atomic mass is 31.2. The summed E-state index contributed by atoms with van der Waals surface area (Å²) in [4.78, 5) is 40.2. The summed E-state index contributed by atoms with van der Waals surface area (Å²) >= 11 is 0. The molecule has 0 saturated carbocycles. The molecule has 1 aromatic carbocycles. The molecule has 10 nitrogen and oxygen atoms in total. The molecule has 146 valence electrons. The number of hydrogen-bond donors (Lipinski definition) is 5. The van der Waals surface area contributed by atoms with Gasteiger partial charge in [-0.2, -0.15) is 0 Å². The first-order valence-corrected chi connectivity index (χ1v) is 9.37. The fourth-order valence-corrected chi connectivity index (χ4v) is 2.47. The first-order chi connectivity index (χ1) is 12.2. The van der Waals surface area contributed by atoms with Gasteiger partial charge in [0.2, 0.25) is 5.91 Å². The minimum absolute atomic E-state index is 0.0937. The van der Waals surface area contributed by atoms with Crippen molar-refractivity contribution >= 4 is 24.8 Å². The molecule has 0 aliphatic rings. The molecule has 0 unspecified atom stereocenters. The molecule has 0 saturated heterocycles. The molecule has 1 amide bonds. The van der Waals surface area contributed by atoms with Gasteiger partial charge in [-0.3, -0.25) is 9.36 Å². The van der Waals surface area contributed by atoms with E-state index in [1.807, 2.05) is 0 Å². The van der Waals surface area contributed by atoms with Gasteiger partial charge in [-0.25, -0.2) is 4.79 Å². The number of carboxylic acids is 1. The summed E-state index contributed by atoms with van der Waals surface area (Å²) < 4.78 is 21.0. The third-order valence-corrected chi connectivity index (χ3v) is 4.18. The predicted molar refractivity (Wildman–Crippen MR) is 92.1 cm³/mol. The average Bonchev–Trinajstić information content (AvgIpc) is 2.56. The van der Waals surface area contributed by atoms with Crippen LogP contribution in [0.5, 0.6) is 0 Å². The summed E-state index contributed by atoms with van der Waals surface area (Å²) in [6, 6.07) is 4.83. The van der Waals surface area contributed by atoms with Gasteiger partial charge in [0.25, 0.3) is 0 Å². The number of ether oxygens (including phenoxy) is 2. The van der Waals surface area contributed by atoms with Crippen molar-refractivity contribution in [3.05, 3.63) is 29.8 Å². The Morgan fingerprint density at radius 1 is 1.12 bits per heavy atom. The fourth-order valence-electron chi connectivity index (χ4n) is 1.93. The van der Waals surface area contributed by atoms with Gasteiger partial charge in [0.15, 0.2) is 0 Å². The van der Waals surface area contributed by atoms with Crippen molar-refractivity contribution in [1.82, 2.24) is 5.32 Å². The van der Waals surface area contributed by atoms with Crippen molar-refractivity contribution in [3.8, 4) is 0 Å². The number of aliphatic carboxylic acids is 1. The van der Waals surface area contributed by atoms with Crippen LogP contribution in [-0.2, 0) is 30.0 Å². The summed E-state index contributed by atoms with van der Waals surface area (Å²) in [5.74, 6) is -1.43. The van der Waals surface area contributed by atoms with E-state index in [0.29, 0.717) is 5.56 Å². The Morgan fingerprint density at radius 3 is 2.31 bits per heavy atom. The minimum Gasteiger partial charge on any atom is -0.480 e. The van der Waals surface area contributed by atoms with E-state index >= 15 is 0 Å². The molecule has 1 aromatic rings. The normalized spacial score (nSPS) is 12.6. The van der Waals surface area contributed by atoms with Crippen LogP contribution < -0.4 is 16.4 Å². The Bertz CT molecular complexity index is 631. The van der Waals surface area contributed by atoms with E-state index in [4.69, 9.17) is 30.1 Å². The highest BCUT2D eigenvalue weighted by molar-refractivity contribution is 7.60. The summed E-state index contributed by atoms with van der Waals surface area (Å²) in [6.45, 7) is 0.435. The Kier molecular flexibility index (Phi) is 9.42. The third-order valence-electron chi connectivity index (χ3n) is 3.21. The number of nitrogens with two attached hydrogens (primary N) is 1. The molecule has 1 atom stereocenters. The number of nitrogens with one attached hydrogen (secondary N) is 1. The second-order valence-electron chi connectivity index (χ2n) is 5.37. The van der Waals surface area contributed by atoms with Crippen LogP contribution in [0.2, 0.25) is 0 Å². The summed E-state index contributed by atoms with van der Waals surface area (Å²) in [6.07, 6.45) is 0.219. The van der Waals surface area contributed by atoms with Gasteiger partial charge in [-0.15, -0.1) is 0 Å². The standard InChI is InChI=1S/C15H23N2O8P/c16-13(9-11-1-3-12(4-2-11)26(21,22)23)15(20)17-5-6-24-7-8-25-10-14(18)19/h1-4,13H,5-10,16H2,(H,17,20)(H,18,19)(H2,21,22,23)/t13-/m0/s1. The van der Waals surface area contributed by atoms with Gasteiger partial charge < -0.3 is 35.4 Å². The van der Waals surface area contributed by atoms with Crippen LogP contribution in [0.15, 0.2) is 24.3 Å². The fraction of sp³-hybridized carbons (Fsp3) is 0.467. The van der Waals surface area contributed by atoms with Crippen LogP contribution in [0.3, 0.4) is 0 Å². The first kappa shape index (κ1) is 22.2. The second kappa shape index (κ2) is 11.0. The molecule has 0 aliphatic carbocycles. The Labute approximate surface area is 150 Å². The predicted octanol–water partition coefficient (Wildman–Crippen LogP) is -1.41. The molecular formula is C15H23N2O8P. The maximum atomic E-state index is 11.9.